The van der Waals surface area contributed by atoms with Crippen LogP contribution in [0.25, 0.3) is 0 Å². The van der Waals surface area contributed by atoms with Crippen molar-refractivity contribution in [1.29, 1.82) is 0 Å². The number of carboxylic acid groups (broad SMARTS) is 1. The number of esters is 3. The van der Waals surface area contributed by atoms with Crippen LogP contribution in [0.5, 0.6) is 0 Å². The van der Waals surface area contributed by atoms with Gasteiger partial charge in [-0.1, -0.05) is 34.6 Å². The molecular weight excluding hydrogens is 320 g/mol. The number of hydrogen-bond donors (Lipinski definition) is 1. The second-order valence-corrected chi connectivity index (χ2v) is 7.14. The maximum absolute atomic E-state index is 12.2. The van der Waals surface area contributed by atoms with Gasteiger partial charge in [0.25, 0.3) is 0 Å². The molecule has 8 nitrogen and oxygen atoms in total. The standard InChI is InChI=1S/C16H26O8/c1-9(17)23-11(13(19)20)12(24-10(2)18)14(21)22-8-16(6,7)15(3,4)5/h11-12H,8H2,1-7H3,(H,19,20)/t11-,12-/m1/s1. The van der Waals surface area contributed by atoms with Crippen molar-refractivity contribution in [3.05, 3.63) is 0 Å². The molecule has 0 aromatic heterocycles. The summed E-state index contributed by atoms with van der Waals surface area (Å²) in [4.78, 5) is 45.7. The fourth-order valence-corrected chi connectivity index (χ4v) is 1.38. The molecule has 0 aromatic carbocycles. The highest BCUT2D eigenvalue weighted by atomic mass is 16.6. The summed E-state index contributed by atoms with van der Waals surface area (Å²) < 4.78 is 14.4. The molecule has 0 aliphatic heterocycles. The first-order valence-electron chi connectivity index (χ1n) is 7.43. The van der Waals surface area contributed by atoms with Gasteiger partial charge in [0.05, 0.1) is 6.61 Å². The molecule has 0 fully saturated rings. The van der Waals surface area contributed by atoms with Crippen LogP contribution >= 0.6 is 0 Å². The van der Waals surface area contributed by atoms with E-state index >= 15 is 0 Å². The number of hydrogen-bond acceptors (Lipinski definition) is 7. The van der Waals surface area contributed by atoms with E-state index < -0.39 is 41.5 Å². The van der Waals surface area contributed by atoms with Crippen LogP contribution in [0.1, 0.15) is 48.5 Å². The topological polar surface area (TPSA) is 116 Å². The molecule has 0 aromatic rings. The molecule has 0 spiro atoms. The Hall–Kier alpha value is -2.12. The molecule has 2 atom stereocenters. The summed E-state index contributed by atoms with van der Waals surface area (Å²) in [6, 6.07) is 0. The Morgan fingerprint density at radius 1 is 0.875 bits per heavy atom. The van der Waals surface area contributed by atoms with Gasteiger partial charge in [-0.2, -0.15) is 0 Å². The van der Waals surface area contributed by atoms with Crippen molar-refractivity contribution < 1.29 is 38.5 Å². The second-order valence-electron chi connectivity index (χ2n) is 7.14. The summed E-state index contributed by atoms with van der Waals surface area (Å²) in [5, 5.41) is 9.14. The summed E-state index contributed by atoms with van der Waals surface area (Å²) in [5.41, 5.74) is -0.629. The molecule has 0 heterocycles. The normalized spacial score (nSPS) is 14.3. The first-order chi connectivity index (χ1) is 10.7. The van der Waals surface area contributed by atoms with E-state index in [1.54, 1.807) is 0 Å². The number of aliphatic carboxylic acids is 1. The summed E-state index contributed by atoms with van der Waals surface area (Å²) in [7, 11) is 0. The summed E-state index contributed by atoms with van der Waals surface area (Å²) in [5.74, 6) is -4.53. The van der Waals surface area contributed by atoms with Crippen molar-refractivity contribution >= 4 is 23.9 Å². The third-order valence-corrected chi connectivity index (χ3v) is 3.94. The minimum absolute atomic E-state index is 0.0283. The van der Waals surface area contributed by atoms with Crippen LogP contribution in [-0.2, 0) is 33.4 Å². The third-order valence-electron chi connectivity index (χ3n) is 3.94. The second kappa shape index (κ2) is 8.12. The van der Waals surface area contributed by atoms with E-state index in [1.165, 1.54) is 0 Å². The smallest absolute Gasteiger partial charge is 0.352 e. The van der Waals surface area contributed by atoms with Crippen LogP contribution in [0.3, 0.4) is 0 Å². The molecule has 0 amide bonds. The van der Waals surface area contributed by atoms with Crippen LogP contribution in [0.2, 0.25) is 0 Å². The van der Waals surface area contributed by atoms with Crippen molar-refractivity contribution in [1.82, 2.24) is 0 Å². The lowest BCUT2D eigenvalue weighted by Gasteiger charge is -2.38. The number of ether oxygens (including phenoxy) is 3. The maximum Gasteiger partial charge on any atom is 0.352 e. The molecule has 0 saturated carbocycles. The van der Waals surface area contributed by atoms with Crippen LogP contribution in [0.4, 0.5) is 0 Å². The molecule has 0 unspecified atom stereocenters. The average Bonchev–Trinajstić information content (AvgIpc) is 2.37. The van der Waals surface area contributed by atoms with Gasteiger partial charge >= 0.3 is 23.9 Å². The highest BCUT2D eigenvalue weighted by molar-refractivity contribution is 5.88. The van der Waals surface area contributed by atoms with Gasteiger partial charge in [-0.25, -0.2) is 9.59 Å². The number of rotatable bonds is 7. The van der Waals surface area contributed by atoms with Gasteiger partial charge in [0.2, 0.25) is 12.2 Å². The summed E-state index contributed by atoms with van der Waals surface area (Å²) in [6.07, 6.45) is -3.85. The molecule has 8 heteroatoms. The van der Waals surface area contributed by atoms with E-state index in [0.29, 0.717) is 0 Å². The highest BCUT2D eigenvalue weighted by Gasteiger charge is 2.42. The van der Waals surface area contributed by atoms with Crippen LogP contribution < -0.4 is 0 Å². The quantitative estimate of drug-likeness (QED) is 0.545. The van der Waals surface area contributed by atoms with Crippen molar-refractivity contribution in [2.75, 3.05) is 6.61 Å². The predicted octanol–water partition coefficient (Wildman–Crippen LogP) is 1.55. The van der Waals surface area contributed by atoms with Gasteiger partial charge in [0.15, 0.2) is 0 Å². The van der Waals surface area contributed by atoms with Crippen LogP contribution in [-0.4, -0.2) is 47.8 Å². The van der Waals surface area contributed by atoms with E-state index in [9.17, 15) is 19.2 Å². The zero-order chi connectivity index (χ0) is 19.3. The molecule has 0 aliphatic rings. The Balaban J connectivity index is 5.30. The van der Waals surface area contributed by atoms with E-state index in [1.807, 2.05) is 34.6 Å². The Morgan fingerprint density at radius 2 is 1.29 bits per heavy atom. The van der Waals surface area contributed by atoms with Crippen LogP contribution in [0.15, 0.2) is 0 Å². The van der Waals surface area contributed by atoms with E-state index in [4.69, 9.17) is 14.6 Å². The maximum atomic E-state index is 12.2. The predicted molar refractivity (Wildman–Crippen MR) is 82.9 cm³/mol. The van der Waals surface area contributed by atoms with Crippen molar-refractivity contribution in [3.8, 4) is 0 Å². The molecule has 138 valence electrons. The Kier molecular flexibility index (Phi) is 7.40. The lowest BCUT2D eigenvalue weighted by atomic mass is 9.70. The van der Waals surface area contributed by atoms with Gasteiger partial charge in [0, 0.05) is 19.3 Å². The summed E-state index contributed by atoms with van der Waals surface area (Å²) >= 11 is 0. The lowest BCUT2D eigenvalue weighted by molar-refractivity contribution is -0.190. The fourth-order valence-electron chi connectivity index (χ4n) is 1.38. The monoisotopic (exact) mass is 346 g/mol. The SMILES string of the molecule is CC(=O)O[C@@H](C(=O)O)[C@@H](OC(C)=O)C(=O)OCC(C)(C)C(C)(C)C. The van der Waals surface area contributed by atoms with Gasteiger partial charge < -0.3 is 19.3 Å². The third kappa shape index (κ3) is 6.55. The van der Waals surface area contributed by atoms with Crippen molar-refractivity contribution in [2.24, 2.45) is 10.8 Å². The Bertz CT molecular complexity index is 501. The van der Waals surface area contributed by atoms with E-state index in [0.717, 1.165) is 13.8 Å². The zero-order valence-corrected chi connectivity index (χ0v) is 15.2. The molecule has 0 saturated heterocycles. The zero-order valence-electron chi connectivity index (χ0n) is 15.2. The Labute approximate surface area is 141 Å². The molecule has 0 radical (unpaired) electrons. The minimum Gasteiger partial charge on any atom is -0.478 e. The average molecular weight is 346 g/mol. The number of carbonyl (C=O) groups excluding carboxylic acids is 3. The molecule has 24 heavy (non-hydrogen) atoms. The van der Waals surface area contributed by atoms with Crippen LogP contribution in [0, 0.1) is 10.8 Å². The molecule has 0 aliphatic carbocycles. The highest BCUT2D eigenvalue weighted by Crippen LogP contribution is 2.38. The molecule has 1 N–H and O–H groups in total. The van der Waals surface area contributed by atoms with Crippen molar-refractivity contribution in [2.45, 2.75) is 60.7 Å². The van der Waals surface area contributed by atoms with Gasteiger partial charge in [-0.05, 0) is 5.41 Å². The molecular formula is C16H26O8. The number of carbonyl (C=O) groups is 4. The molecule has 0 bridgehead atoms. The first-order valence-corrected chi connectivity index (χ1v) is 7.43. The lowest BCUT2D eigenvalue weighted by Crippen LogP contribution is -2.47. The first kappa shape index (κ1) is 21.9. The van der Waals surface area contributed by atoms with Gasteiger partial charge in [-0.15, -0.1) is 0 Å². The minimum atomic E-state index is -1.98. The largest absolute Gasteiger partial charge is 0.478 e. The fraction of sp³-hybridized carbons (Fsp3) is 0.750. The van der Waals surface area contributed by atoms with Gasteiger partial charge in [0.1, 0.15) is 0 Å². The van der Waals surface area contributed by atoms with E-state index in [-0.39, 0.29) is 12.0 Å². The van der Waals surface area contributed by atoms with Crippen molar-refractivity contribution in [3.63, 3.8) is 0 Å². The molecule has 0 rings (SSSR count). The Morgan fingerprint density at radius 3 is 1.62 bits per heavy atom. The van der Waals surface area contributed by atoms with Gasteiger partial charge in [-0.3, -0.25) is 9.59 Å². The van der Waals surface area contributed by atoms with E-state index in [2.05, 4.69) is 4.74 Å². The summed E-state index contributed by atoms with van der Waals surface area (Å²) in [6.45, 7) is 11.6. The number of carboxylic acids is 1.